The normalized spacial score (nSPS) is 19.1. The number of amides is 2. The highest BCUT2D eigenvalue weighted by atomic mass is 19.1. The topological polar surface area (TPSA) is 120 Å². The number of aromatic amines is 1. The Kier molecular flexibility index (Phi) is 7.36. The monoisotopic (exact) mass is 478 g/mol. The first kappa shape index (κ1) is 24.3. The van der Waals surface area contributed by atoms with E-state index in [1.54, 1.807) is 6.07 Å². The number of hydrogen-bond donors (Lipinski definition) is 4. The molecule has 0 aliphatic carbocycles. The number of aromatic nitrogens is 1. The van der Waals surface area contributed by atoms with Crippen LogP contribution in [0, 0.1) is 11.2 Å². The van der Waals surface area contributed by atoms with E-state index in [4.69, 9.17) is 0 Å². The molecule has 9 heteroatoms. The van der Waals surface area contributed by atoms with Gasteiger partial charge in [0.05, 0.1) is 6.04 Å². The number of rotatable bonds is 10. The number of carbonyl (C=O) groups excluding carboxylic acids is 4. The molecule has 3 aromatic rings. The Morgan fingerprint density at radius 3 is 2.51 bits per heavy atom. The Labute approximate surface area is 201 Å². The van der Waals surface area contributed by atoms with Crippen molar-refractivity contribution in [2.45, 2.75) is 31.3 Å². The second kappa shape index (κ2) is 10.6. The molecule has 0 bridgehead atoms. The van der Waals surface area contributed by atoms with Crippen LogP contribution in [0.4, 0.5) is 4.39 Å². The summed E-state index contributed by atoms with van der Waals surface area (Å²) in [5, 5.41) is 9.37. The first-order chi connectivity index (χ1) is 16.9. The van der Waals surface area contributed by atoms with E-state index < -0.39 is 35.1 Å². The molecule has 1 aromatic heterocycles. The van der Waals surface area contributed by atoms with Crippen molar-refractivity contribution < 1.29 is 23.6 Å². The van der Waals surface area contributed by atoms with Crippen LogP contribution in [-0.2, 0) is 20.8 Å². The molecule has 2 heterocycles. The molecule has 2 amide bonds. The Hall–Kier alpha value is -3.85. The summed E-state index contributed by atoms with van der Waals surface area (Å²) in [5.74, 6) is -1.47. The SMILES string of the molecule is O=C[C@H](C[C@]1(C=O)CCNC1)NC(=O)[C@H](Cc1ccc(F)cc1)NC(=O)c1cc2ccccc2[nH]1. The summed E-state index contributed by atoms with van der Waals surface area (Å²) in [6.45, 7) is 1.10. The Morgan fingerprint density at radius 1 is 1.09 bits per heavy atom. The van der Waals surface area contributed by atoms with Crippen LogP contribution in [0.5, 0.6) is 0 Å². The van der Waals surface area contributed by atoms with Gasteiger partial charge < -0.3 is 30.5 Å². The van der Waals surface area contributed by atoms with Gasteiger partial charge in [0.1, 0.15) is 30.1 Å². The van der Waals surface area contributed by atoms with Crippen LogP contribution in [0.2, 0.25) is 0 Å². The smallest absolute Gasteiger partial charge is 0.268 e. The second-order valence-electron chi connectivity index (χ2n) is 8.99. The molecule has 1 aliphatic rings. The number of hydrogen-bond acceptors (Lipinski definition) is 5. The molecule has 35 heavy (non-hydrogen) atoms. The third-order valence-corrected chi connectivity index (χ3v) is 6.39. The molecular weight excluding hydrogens is 451 g/mol. The summed E-state index contributed by atoms with van der Waals surface area (Å²) in [4.78, 5) is 52.7. The molecule has 8 nitrogen and oxygen atoms in total. The van der Waals surface area contributed by atoms with Gasteiger partial charge in [-0.25, -0.2) is 4.39 Å². The minimum atomic E-state index is -1.03. The van der Waals surface area contributed by atoms with E-state index in [0.29, 0.717) is 31.4 Å². The molecule has 0 unspecified atom stereocenters. The molecule has 4 rings (SSSR count). The molecule has 0 spiro atoms. The summed E-state index contributed by atoms with van der Waals surface area (Å²) in [6, 6.07) is 12.8. The maximum absolute atomic E-state index is 13.4. The van der Waals surface area contributed by atoms with Crippen LogP contribution in [0.15, 0.2) is 54.6 Å². The fourth-order valence-electron chi connectivity index (χ4n) is 4.44. The fourth-order valence-corrected chi connectivity index (χ4v) is 4.44. The largest absolute Gasteiger partial charge is 0.351 e. The van der Waals surface area contributed by atoms with Gasteiger partial charge in [-0.05, 0) is 49.2 Å². The zero-order chi connectivity index (χ0) is 24.8. The van der Waals surface area contributed by atoms with Gasteiger partial charge in [-0.3, -0.25) is 9.59 Å². The van der Waals surface area contributed by atoms with E-state index in [9.17, 15) is 23.6 Å². The van der Waals surface area contributed by atoms with Gasteiger partial charge in [0.2, 0.25) is 5.91 Å². The lowest BCUT2D eigenvalue weighted by atomic mass is 9.82. The van der Waals surface area contributed by atoms with Crippen molar-refractivity contribution in [2.75, 3.05) is 13.1 Å². The summed E-state index contributed by atoms with van der Waals surface area (Å²) in [5.41, 5.74) is 0.976. The minimum Gasteiger partial charge on any atom is -0.351 e. The van der Waals surface area contributed by atoms with Gasteiger partial charge in [0.15, 0.2) is 0 Å². The van der Waals surface area contributed by atoms with Crippen LogP contribution in [0.3, 0.4) is 0 Å². The zero-order valence-corrected chi connectivity index (χ0v) is 19.1. The predicted molar refractivity (Wildman–Crippen MR) is 128 cm³/mol. The standard InChI is InChI=1S/C26H27FN4O4/c27-19-7-5-17(6-8-19)11-22(31-25(35)23-12-18-3-1-2-4-21(18)30-23)24(34)29-20(14-32)13-26(16-33)9-10-28-15-26/h1-8,12,14,16,20,22,28,30H,9-11,13,15H2,(H,29,34)(H,31,35)/t20-,22-,26+/m0/s1. The zero-order valence-electron chi connectivity index (χ0n) is 19.1. The lowest BCUT2D eigenvalue weighted by Gasteiger charge is -2.26. The number of fused-ring (bicyclic) bond motifs is 1. The minimum absolute atomic E-state index is 0.0873. The molecule has 3 atom stereocenters. The Morgan fingerprint density at radius 2 is 1.86 bits per heavy atom. The average molecular weight is 479 g/mol. The van der Waals surface area contributed by atoms with Gasteiger partial charge in [-0.15, -0.1) is 0 Å². The fraction of sp³-hybridized carbons (Fsp3) is 0.308. The molecule has 0 saturated carbocycles. The number of benzene rings is 2. The average Bonchev–Trinajstić information content (AvgIpc) is 3.52. The summed E-state index contributed by atoms with van der Waals surface area (Å²) in [6.07, 6.45) is 2.27. The quantitative estimate of drug-likeness (QED) is 0.332. The van der Waals surface area contributed by atoms with Crippen LogP contribution < -0.4 is 16.0 Å². The number of H-pyrrole nitrogens is 1. The van der Waals surface area contributed by atoms with Gasteiger partial charge in [0, 0.05) is 29.3 Å². The molecule has 0 radical (unpaired) electrons. The van der Waals surface area contributed by atoms with Gasteiger partial charge in [0.25, 0.3) is 5.91 Å². The van der Waals surface area contributed by atoms with Gasteiger partial charge in [-0.1, -0.05) is 30.3 Å². The molecule has 2 aromatic carbocycles. The highest BCUT2D eigenvalue weighted by molar-refractivity contribution is 6.00. The summed E-state index contributed by atoms with van der Waals surface area (Å²) >= 11 is 0. The molecule has 4 N–H and O–H groups in total. The predicted octanol–water partition coefficient (Wildman–Crippen LogP) is 1.90. The lowest BCUT2D eigenvalue weighted by Crippen LogP contribution is -2.52. The summed E-state index contributed by atoms with van der Waals surface area (Å²) in [7, 11) is 0. The first-order valence-electron chi connectivity index (χ1n) is 11.5. The van der Waals surface area contributed by atoms with Gasteiger partial charge >= 0.3 is 0 Å². The van der Waals surface area contributed by atoms with Crippen molar-refractivity contribution in [1.29, 1.82) is 0 Å². The van der Waals surface area contributed by atoms with E-state index in [1.807, 2.05) is 24.3 Å². The molecule has 182 valence electrons. The lowest BCUT2D eigenvalue weighted by molar-refractivity contribution is -0.127. The van der Waals surface area contributed by atoms with E-state index in [2.05, 4.69) is 20.9 Å². The van der Waals surface area contributed by atoms with Crippen molar-refractivity contribution in [1.82, 2.24) is 20.9 Å². The third kappa shape index (κ3) is 5.81. The van der Waals surface area contributed by atoms with E-state index >= 15 is 0 Å². The maximum atomic E-state index is 13.4. The molecule has 1 aliphatic heterocycles. The highest BCUT2D eigenvalue weighted by Gasteiger charge is 2.37. The first-order valence-corrected chi connectivity index (χ1v) is 11.5. The van der Waals surface area contributed by atoms with Crippen LogP contribution in [-0.4, -0.2) is 54.5 Å². The van der Waals surface area contributed by atoms with Crippen molar-refractivity contribution in [2.24, 2.45) is 5.41 Å². The molecule has 1 fully saturated rings. The van der Waals surface area contributed by atoms with Crippen molar-refractivity contribution >= 4 is 35.3 Å². The number of aldehydes is 2. The number of halogens is 1. The van der Waals surface area contributed by atoms with Gasteiger partial charge in [-0.2, -0.15) is 0 Å². The van der Waals surface area contributed by atoms with E-state index in [1.165, 1.54) is 24.3 Å². The van der Waals surface area contributed by atoms with Crippen LogP contribution in [0.25, 0.3) is 10.9 Å². The second-order valence-corrected chi connectivity index (χ2v) is 8.99. The Bertz CT molecular complexity index is 1180. The maximum Gasteiger partial charge on any atom is 0.268 e. The summed E-state index contributed by atoms with van der Waals surface area (Å²) < 4.78 is 13.4. The number of carbonyl (C=O) groups is 4. The number of para-hydroxylation sites is 1. The van der Waals surface area contributed by atoms with Crippen molar-refractivity contribution in [3.63, 3.8) is 0 Å². The van der Waals surface area contributed by atoms with Crippen molar-refractivity contribution in [3.8, 4) is 0 Å². The Balaban J connectivity index is 1.52. The molecule has 1 saturated heterocycles. The van der Waals surface area contributed by atoms with Crippen molar-refractivity contribution in [3.05, 3.63) is 71.7 Å². The van der Waals surface area contributed by atoms with Crippen LogP contribution in [0.1, 0.15) is 28.9 Å². The van der Waals surface area contributed by atoms with E-state index in [-0.39, 0.29) is 18.5 Å². The highest BCUT2D eigenvalue weighted by Crippen LogP contribution is 2.28. The van der Waals surface area contributed by atoms with Crippen LogP contribution >= 0.6 is 0 Å². The third-order valence-electron chi connectivity index (χ3n) is 6.39. The van der Waals surface area contributed by atoms with E-state index in [0.717, 1.165) is 17.2 Å². The number of nitrogens with one attached hydrogen (secondary N) is 4. The molecular formula is C26H27FN4O4.